The molecule has 1 atom stereocenters. The van der Waals surface area contributed by atoms with Gasteiger partial charge >= 0.3 is 5.97 Å². The van der Waals surface area contributed by atoms with Gasteiger partial charge in [-0.3, -0.25) is 4.79 Å². The van der Waals surface area contributed by atoms with Crippen LogP contribution in [0, 0.1) is 5.41 Å². The van der Waals surface area contributed by atoms with Gasteiger partial charge in [-0.05, 0) is 36.8 Å². The molecule has 0 fully saturated rings. The maximum absolute atomic E-state index is 13.5. The van der Waals surface area contributed by atoms with E-state index in [1.165, 1.54) is 0 Å². The SMILES string of the molecule is CCCOC(=O)C1=C(C)NC2=C(C(=O)CC(C)(C)C2)C1c1ccccc1OCc1ccccc1. The molecule has 0 bridgehead atoms. The van der Waals surface area contributed by atoms with E-state index in [0.717, 1.165) is 35.4 Å². The Morgan fingerprint density at radius 1 is 1.06 bits per heavy atom. The Hall–Kier alpha value is -3.34. The Kier molecular flexibility index (Phi) is 6.92. The number of Topliss-reactive ketones (excluding diaryl/α,β-unsaturated/α-hetero) is 1. The number of allylic oxidation sites excluding steroid dienone is 3. The predicted molar refractivity (Wildman–Crippen MR) is 132 cm³/mol. The zero-order chi connectivity index (χ0) is 24.3. The first-order valence-electron chi connectivity index (χ1n) is 12.0. The number of esters is 1. The fraction of sp³-hybridized carbons (Fsp3) is 0.379. The topological polar surface area (TPSA) is 64.6 Å². The summed E-state index contributed by atoms with van der Waals surface area (Å²) in [6.45, 7) is 8.79. The fourth-order valence-electron chi connectivity index (χ4n) is 4.88. The van der Waals surface area contributed by atoms with Crippen LogP contribution in [0.5, 0.6) is 5.75 Å². The summed E-state index contributed by atoms with van der Waals surface area (Å²) in [6, 6.07) is 17.6. The third-order valence-corrected chi connectivity index (χ3v) is 6.36. The molecule has 2 aliphatic rings. The zero-order valence-electron chi connectivity index (χ0n) is 20.4. The van der Waals surface area contributed by atoms with E-state index in [4.69, 9.17) is 9.47 Å². The number of carbonyl (C=O) groups is 2. The van der Waals surface area contributed by atoms with E-state index in [1.807, 2.05) is 68.4 Å². The molecule has 0 spiro atoms. The van der Waals surface area contributed by atoms with Gasteiger partial charge < -0.3 is 14.8 Å². The van der Waals surface area contributed by atoms with Crippen LogP contribution in [0.3, 0.4) is 0 Å². The van der Waals surface area contributed by atoms with Crippen LogP contribution in [0.2, 0.25) is 0 Å². The quantitative estimate of drug-likeness (QED) is 0.528. The molecule has 1 N–H and O–H groups in total. The van der Waals surface area contributed by atoms with E-state index in [1.54, 1.807) is 0 Å². The molecule has 1 aliphatic carbocycles. The molecule has 1 unspecified atom stereocenters. The van der Waals surface area contributed by atoms with Crippen LogP contribution in [0.15, 0.2) is 77.1 Å². The van der Waals surface area contributed by atoms with Gasteiger partial charge in [0.05, 0.1) is 18.1 Å². The minimum atomic E-state index is -0.531. The summed E-state index contributed by atoms with van der Waals surface area (Å²) < 4.78 is 11.8. The van der Waals surface area contributed by atoms with Crippen LogP contribution in [-0.4, -0.2) is 18.4 Å². The van der Waals surface area contributed by atoms with E-state index in [-0.39, 0.29) is 17.2 Å². The summed E-state index contributed by atoms with van der Waals surface area (Å²) >= 11 is 0. The first-order valence-corrected chi connectivity index (χ1v) is 12.0. The fourth-order valence-corrected chi connectivity index (χ4v) is 4.88. The maximum atomic E-state index is 13.5. The number of para-hydroxylation sites is 1. The van der Waals surface area contributed by atoms with Crippen molar-refractivity contribution in [3.8, 4) is 5.75 Å². The molecule has 178 valence electrons. The Bertz CT molecular complexity index is 1140. The van der Waals surface area contributed by atoms with Crippen molar-refractivity contribution in [1.29, 1.82) is 0 Å². The first kappa shape index (κ1) is 23.8. The number of benzene rings is 2. The van der Waals surface area contributed by atoms with Gasteiger partial charge in [0.15, 0.2) is 5.78 Å². The van der Waals surface area contributed by atoms with Crippen LogP contribution in [-0.2, 0) is 20.9 Å². The third kappa shape index (κ3) is 4.93. The highest BCUT2D eigenvalue weighted by atomic mass is 16.5. The molecule has 1 aliphatic heterocycles. The number of ketones is 1. The second-order valence-electron chi connectivity index (χ2n) is 9.88. The molecule has 0 saturated heterocycles. The predicted octanol–water partition coefficient (Wildman–Crippen LogP) is 5.82. The lowest BCUT2D eigenvalue weighted by atomic mass is 9.68. The lowest BCUT2D eigenvalue weighted by Crippen LogP contribution is -2.38. The average Bonchev–Trinajstić information content (AvgIpc) is 2.80. The number of dihydropyridines is 1. The molecule has 5 nitrogen and oxygen atoms in total. The highest BCUT2D eigenvalue weighted by Crippen LogP contribution is 2.48. The van der Waals surface area contributed by atoms with Gasteiger partial charge in [-0.25, -0.2) is 4.79 Å². The van der Waals surface area contributed by atoms with Crippen molar-refractivity contribution in [3.63, 3.8) is 0 Å². The Labute approximate surface area is 201 Å². The molecule has 2 aromatic rings. The Morgan fingerprint density at radius 3 is 2.50 bits per heavy atom. The van der Waals surface area contributed by atoms with Gasteiger partial charge in [-0.1, -0.05) is 69.3 Å². The van der Waals surface area contributed by atoms with Crippen LogP contribution in [0.25, 0.3) is 0 Å². The molecule has 2 aromatic carbocycles. The molecular weight excluding hydrogens is 426 g/mol. The summed E-state index contributed by atoms with van der Waals surface area (Å²) in [4.78, 5) is 26.7. The Morgan fingerprint density at radius 2 is 1.76 bits per heavy atom. The minimum Gasteiger partial charge on any atom is -0.489 e. The second kappa shape index (κ2) is 9.88. The lowest BCUT2D eigenvalue weighted by molar-refractivity contribution is -0.139. The van der Waals surface area contributed by atoms with Crippen molar-refractivity contribution in [3.05, 3.63) is 88.3 Å². The van der Waals surface area contributed by atoms with E-state index >= 15 is 0 Å². The van der Waals surface area contributed by atoms with Crippen molar-refractivity contribution in [2.24, 2.45) is 5.41 Å². The van der Waals surface area contributed by atoms with Crippen LogP contribution in [0.4, 0.5) is 0 Å². The van der Waals surface area contributed by atoms with E-state index in [2.05, 4.69) is 19.2 Å². The van der Waals surface area contributed by atoms with Gasteiger partial charge in [0.1, 0.15) is 12.4 Å². The second-order valence-corrected chi connectivity index (χ2v) is 9.88. The summed E-state index contributed by atoms with van der Waals surface area (Å²) in [5, 5.41) is 3.39. The number of hydrogen-bond acceptors (Lipinski definition) is 5. The monoisotopic (exact) mass is 459 g/mol. The highest BCUT2D eigenvalue weighted by molar-refractivity contribution is 6.04. The zero-order valence-corrected chi connectivity index (χ0v) is 20.4. The van der Waals surface area contributed by atoms with Gasteiger partial charge in [-0.15, -0.1) is 0 Å². The molecule has 0 saturated carbocycles. The molecule has 34 heavy (non-hydrogen) atoms. The van der Waals surface area contributed by atoms with Gasteiger partial charge in [0.25, 0.3) is 0 Å². The molecule has 0 amide bonds. The minimum absolute atomic E-state index is 0.0647. The van der Waals surface area contributed by atoms with Gasteiger partial charge in [0.2, 0.25) is 0 Å². The largest absolute Gasteiger partial charge is 0.489 e. The van der Waals surface area contributed by atoms with Crippen molar-refractivity contribution < 1.29 is 19.1 Å². The molecule has 4 rings (SSSR count). The van der Waals surface area contributed by atoms with Crippen LogP contribution < -0.4 is 10.1 Å². The van der Waals surface area contributed by atoms with Crippen molar-refractivity contribution in [1.82, 2.24) is 5.32 Å². The van der Waals surface area contributed by atoms with Crippen molar-refractivity contribution >= 4 is 11.8 Å². The van der Waals surface area contributed by atoms with Crippen molar-refractivity contribution in [2.45, 2.75) is 59.5 Å². The lowest BCUT2D eigenvalue weighted by Gasteiger charge is -2.39. The average molecular weight is 460 g/mol. The Balaban J connectivity index is 1.79. The van der Waals surface area contributed by atoms with Crippen LogP contribution in [0.1, 0.15) is 64.0 Å². The maximum Gasteiger partial charge on any atom is 0.336 e. The molecule has 5 heteroatoms. The summed E-state index contributed by atoms with van der Waals surface area (Å²) in [5.41, 5.74) is 4.48. The highest BCUT2D eigenvalue weighted by Gasteiger charge is 2.44. The van der Waals surface area contributed by atoms with E-state index in [0.29, 0.717) is 36.5 Å². The summed E-state index contributed by atoms with van der Waals surface area (Å²) in [5.74, 6) is -0.193. The van der Waals surface area contributed by atoms with E-state index in [9.17, 15) is 9.59 Å². The number of rotatable bonds is 7. The molecule has 0 radical (unpaired) electrons. The normalized spacial score (nSPS) is 19.4. The van der Waals surface area contributed by atoms with Gasteiger partial charge in [-0.2, -0.15) is 0 Å². The van der Waals surface area contributed by atoms with Gasteiger partial charge in [0, 0.05) is 29.0 Å². The number of nitrogens with one attached hydrogen (secondary N) is 1. The standard InChI is InChI=1S/C29H33NO4/c1-5-15-33-28(32)25-19(2)30-22-16-29(3,4)17-23(31)27(22)26(25)21-13-9-10-14-24(21)34-18-20-11-7-6-8-12-20/h6-14,26,30H,5,15-18H2,1-4H3. The molecule has 1 heterocycles. The number of hydrogen-bond donors (Lipinski definition) is 1. The number of ether oxygens (including phenoxy) is 2. The first-order chi connectivity index (χ1) is 16.3. The molecular formula is C29H33NO4. The van der Waals surface area contributed by atoms with Crippen molar-refractivity contribution in [2.75, 3.05) is 6.61 Å². The summed E-state index contributed by atoms with van der Waals surface area (Å²) in [7, 11) is 0. The van der Waals surface area contributed by atoms with E-state index < -0.39 is 5.92 Å². The number of carbonyl (C=O) groups excluding carboxylic acids is 2. The van der Waals surface area contributed by atoms with Crippen LogP contribution >= 0.6 is 0 Å². The smallest absolute Gasteiger partial charge is 0.336 e. The summed E-state index contributed by atoms with van der Waals surface area (Å²) in [6.07, 6.45) is 1.91. The third-order valence-electron chi connectivity index (χ3n) is 6.36. The molecule has 0 aromatic heterocycles.